The first-order valence-corrected chi connectivity index (χ1v) is 9.65. The summed E-state index contributed by atoms with van der Waals surface area (Å²) in [6.07, 6.45) is -6.15. The van der Waals surface area contributed by atoms with Crippen LogP contribution in [0.2, 0.25) is 5.02 Å². The predicted octanol–water partition coefficient (Wildman–Crippen LogP) is 5.22. The van der Waals surface area contributed by atoms with Crippen LogP contribution in [0.15, 0.2) is 54.1 Å². The Morgan fingerprint density at radius 1 is 1.09 bits per heavy atom. The molecule has 1 aliphatic rings. The Hall–Kier alpha value is -2.71. The molecule has 0 aliphatic carbocycles. The van der Waals surface area contributed by atoms with Crippen LogP contribution < -0.4 is 10.1 Å². The Morgan fingerprint density at radius 2 is 1.72 bits per heavy atom. The Labute approximate surface area is 193 Å². The predicted molar refractivity (Wildman–Crippen MR) is 116 cm³/mol. The van der Waals surface area contributed by atoms with Gasteiger partial charge in [0.2, 0.25) is 6.10 Å². The number of hydrogen-bond donors (Lipinski definition) is 1. The zero-order valence-corrected chi connectivity index (χ0v) is 18.6. The molecule has 0 bridgehead atoms. The minimum atomic E-state index is -4.81. The number of ether oxygens (including phenoxy) is 2. The highest BCUT2D eigenvalue weighted by Crippen LogP contribution is 2.37. The maximum Gasteiger partial charge on any atom is 0.430 e. The summed E-state index contributed by atoms with van der Waals surface area (Å²) in [4.78, 5) is 24.9. The minimum Gasteiger partial charge on any atom is -0.475 e. The molecule has 1 amide bonds. The van der Waals surface area contributed by atoms with Gasteiger partial charge in [0.15, 0.2) is 0 Å². The molecule has 1 aliphatic heterocycles. The lowest BCUT2D eigenvalue weighted by Gasteiger charge is -2.31. The van der Waals surface area contributed by atoms with Gasteiger partial charge in [0, 0.05) is 16.1 Å². The van der Waals surface area contributed by atoms with Crippen molar-refractivity contribution in [2.45, 2.75) is 31.7 Å². The van der Waals surface area contributed by atoms with E-state index < -0.39 is 35.3 Å². The lowest BCUT2D eigenvalue weighted by atomic mass is 10.0. The van der Waals surface area contributed by atoms with Crippen LogP contribution in [-0.2, 0) is 9.53 Å². The summed E-state index contributed by atoms with van der Waals surface area (Å²) in [6.45, 7) is 2.84. The van der Waals surface area contributed by atoms with E-state index in [1.54, 1.807) is 18.2 Å². The van der Waals surface area contributed by atoms with Crippen molar-refractivity contribution in [3.05, 3.63) is 70.3 Å². The van der Waals surface area contributed by atoms with E-state index in [-0.39, 0.29) is 24.7 Å². The topological polar surface area (TPSA) is 64.6 Å². The quantitative estimate of drug-likeness (QED) is 0.584. The second-order valence-electron chi connectivity index (χ2n) is 7.52. The van der Waals surface area contributed by atoms with Crippen LogP contribution in [0.5, 0.6) is 5.75 Å². The summed E-state index contributed by atoms with van der Waals surface area (Å²) in [5.41, 5.74) is -1.27. The van der Waals surface area contributed by atoms with E-state index in [2.05, 4.69) is 5.32 Å². The summed E-state index contributed by atoms with van der Waals surface area (Å²) < 4.78 is 50.9. The third kappa shape index (κ3) is 6.17. The van der Waals surface area contributed by atoms with E-state index in [1.165, 1.54) is 44.2 Å². The smallest absolute Gasteiger partial charge is 0.430 e. The number of halogens is 5. The van der Waals surface area contributed by atoms with E-state index in [4.69, 9.17) is 21.1 Å². The van der Waals surface area contributed by atoms with Crippen LogP contribution in [0.4, 0.5) is 13.2 Å². The van der Waals surface area contributed by atoms with Crippen molar-refractivity contribution in [3.8, 4) is 5.75 Å². The fourth-order valence-electron chi connectivity index (χ4n) is 2.89. The van der Waals surface area contributed by atoms with Crippen molar-refractivity contribution >= 4 is 42.0 Å². The molecule has 0 aromatic heterocycles. The zero-order chi connectivity index (χ0) is 22.8. The lowest BCUT2D eigenvalue weighted by molar-refractivity contribution is -0.190. The van der Waals surface area contributed by atoms with Crippen molar-refractivity contribution in [3.63, 3.8) is 0 Å². The maximum atomic E-state index is 13.5. The molecule has 0 saturated heterocycles. The highest BCUT2D eigenvalue weighted by Gasteiger charge is 2.49. The monoisotopic (exact) mass is 489 g/mol. The number of para-hydroxylation sites is 1. The van der Waals surface area contributed by atoms with Gasteiger partial charge < -0.3 is 14.8 Å². The number of alkyl halides is 3. The van der Waals surface area contributed by atoms with Crippen LogP contribution in [0.3, 0.4) is 0 Å². The van der Waals surface area contributed by atoms with E-state index in [0.29, 0.717) is 16.1 Å². The van der Waals surface area contributed by atoms with Gasteiger partial charge in [-0.2, -0.15) is 13.2 Å². The fraction of sp³-hybridized carbons (Fsp3) is 0.273. The van der Waals surface area contributed by atoms with Gasteiger partial charge in [-0.1, -0.05) is 29.8 Å². The molecule has 10 heteroatoms. The molecule has 32 heavy (non-hydrogen) atoms. The van der Waals surface area contributed by atoms with Crippen LogP contribution in [0.1, 0.15) is 29.8 Å². The zero-order valence-electron chi connectivity index (χ0n) is 17.0. The van der Waals surface area contributed by atoms with Gasteiger partial charge in [-0.3, -0.25) is 4.79 Å². The number of benzene rings is 2. The number of rotatable bonds is 5. The number of amides is 1. The molecule has 172 valence electrons. The second-order valence-corrected chi connectivity index (χ2v) is 7.95. The number of esters is 1. The van der Waals surface area contributed by atoms with Crippen molar-refractivity contribution in [2.24, 2.45) is 0 Å². The van der Waals surface area contributed by atoms with E-state index >= 15 is 0 Å². The average molecular weight is 490 g/mol. The number of carbonyl (C=O) groups is 2. The number of nitrogens with one attached hydrogen (secondary N) is 1. The molecular formula is C22H20Cl2F3NO4. The first-order valence-electron chi connectivity index (χ1n) is 9.27. The van der Waals surface area contributed by atoms with Crippen molar-refractivity contribution in [2.75, 3.05) is 6.54 Å². The van der Waals surface area contributed by atoms with Crippen molar-refractivity contribution < 1.29 is 32.2 Å². The Morgan fingerprint density at radius 3 is 2.34 bits per heavy atom. The number of carbonyl (C=O) groups excluding carboxylic acids is 2. The SMILES string of the molecule is CC(C)(CNC(=O)c1ccc(Cl)cc1)OC(=O)C1=Cc2ccccc2OC1C(F)(F)F.Cl. The maximum absolute atomic E-state index is 13.5. The van der Waals surface area contributed by atoms with Crippen LogP contribution in [-0.4, -0.2) is 36.3 Å². The summed E-state index contributed by atoms with van der Waals surface area (Å²) in [6, 6.07) is 12.2. The van der Waals surface area contributed by atoms with Gasteiger partial charge in [0.25, 0.3) is 5.91 Å². The molecule has 2 aromatic carbocycles. The normalized spacial score (nSPS) is 15.4. The first kappa shape index (κ1) is 25.5. The lowest BCUT2D eigenvalue weighted by Crippen LogP contribution is -2.45. The van der Waals surface area contributed by atoms with Gasteiger partial charge in [-0.15, -0.1) is 12.4 Å². The molecule has 0 saturated carbocycles. The molecule has 0 radical (unpaired) electrons. The largest absolute Gasteiger partial charge is 0.475 e. The van der Waals surface area contributed by atoms with Crippen LogP contribution >= 0.6 is 24.0 Å². The molecule has 2 aromatic rings. The highest BCUT2D eigenvalue weighted by atomic mass is 35.5. The Bertz CT molecular complexity index is 1020. The van der Waals surface area contributed by atoms with Gasteiger partial charge >= 0.3 is 12.1 Å². The molecule has 1 unspecified atom stereocenters. The fourth-order valence-corrected chi connectivity index (χ4v) is 3.02. The molecule has 1 heterocycles. The second kappa shape index (κ2) is 9.83. The molecule has 3 rings (SSSR count). The molecule has 0 spiro atoms. The van der Waals surface area contributed by atoms with Crippen molar-refractivity contribution in [1.82, 2.24) is 5.32 Å². The van der Waals surface area contributed by atoms with Gasteiger partial charge in [-0.05, 0) is 50.3 Å². The highest BCUT2D eigenvalue weighted by molar-refractivity contribution is 6.30. The summed E-state index contributed by atoms with van der Waals surface area (Å²) >= 11 is 5.79. The standard InChI is InChI=1S/C22H19ClF3NO4.ClH/c1-21(2,12-27-19(28)13-7-9-15(23)10-8-13)31-20(29)16-11-14-5-3-4-6-17(14)30-18(16)22(24,25)26;/h3-11,18H,12H2,1-2H3,(H,27,28);1H. The summed E-state index contributed by atoms with van der Waals surface area (Å²) in [5.74, 6) is -1.60. The molecular weight excluding hydrogens is 470 g/mol. The third-order valence-corrected chi connectivity index (χ3v) is 4.69. The molecule has 5 nitrogen and oxygen atoms in total. The molecule has 1 atom stereocenters. The van der Waals surface area contributed by atoms with Gasteiger partial charge in [0.1, 0.15) is 11.4 Å². The Kier molecular flexibility index (Phi) is 7.85. The van der Waals surface area contributed by atoms with E-state index in [9.17, 15) is 22.8 Å². The van der Waals surface area contributed by atoms with Crippen LogP contribution in [0.25, 0.3) is 6.08 Å². The van der Waals surface area contributed by atoms with Gasteiger partial charge in [-0.25, -0.2) is 4.79 Å². The summed E-state index contributed by atoms with van der Waals surface area (Å²) in [5, 5.41) is 3.06. The average Bonchev–Trinajstić information content (AvgIpc) is 2.70. The third-order valence-electron chi connectivity index (χ3n) is 4.44. The number of hydrogen-bond acceptors (Lipinski definition) is 4. The summed E-state index contributed by atoms with van der Waals surface area (Å²) in [7, 11) is 0. The first-order chi connectivity index (χ1) is 14.5. The molecule has 1 N–H and O–H groups in total. The minimum absolute atomic E-state index is 0. The number of fused-ring (bicyclic) bond motifs is 1. The van der Waals surface area contributed by atoms with Crippen LogP contribution in [0, 0.1) is 0 Å². The molecule has 0 fully saturated rings. The van der Waals surface area contributed by atoms with Crippen molar-refractivity contribution in [1.29, 1.82) is 0 Å². The van der Waals surface area contributed by atoms with E-state index in [1.807, 2.05) is 0 Å². The van der Waals surface area contributed by atoms with E-state index in [0.717, 1.165) is 6.08 Å². The Balaban J connectivity index is 0.00000363. The van der Waals surface area contributed by atoms with Gasteiger partial charge in [0.05, 0.1) is 12.1 Å².